The van der Waals surface area contributed by atoms with E-state index >= 15 is 0 Å². The number of hydrogen-bond acceptors (Lipinski definition) is 3. The average molecular weight is 478 g/mol. The summed E-state index contributed by atoms with van der Waals surface area (Å²) in [6.07, 6.45) is 3.00. The zero-order chi connectivity index (χ0) is 22.3. The van der Waals surface area contributed by atoms with Crippen molar-refractivity contribution in [2.24, 2.45) is 11.8 Å². The first kappa shape index (κ1) is 21.9. The molecule has 31 heavy (non-hydrogen) atoms. The van der Waals surface area contributed by atoms with Crippen LogP contribution in [0.15, 0.2) is 54.1 Å². The zero-order valence-electron chi connectivity index (χ0n) is 16.6. The van der Waals surface area contributed by atoms with Crippen LogP contribution in [0, 0.1) is 11.8 Å². The van der Waals surface area contributed by atoms with Crippen LogP contribution < -0.4 is 0 Å². The van der Waals surface area contributed by atoms with E-state index in [1.54, 1.807) is 42.5 Å². The molecule has 2 atom stereocenters. The minimum absolute atomic E-state index is 0.0122. The van der Waals surface area contributed by atoms with Gasteiger partial charge in [-0.05, 0) is 61.7 Å². The van der Waals surface area contributed by atoms with E-state index in [9.17, 15) is 14.4 Å². The third kappa shape index (κ3) is 4.22. The second-order valence-electron chi connectivity index (χ2n) is 7.81. The summed E-state index contributed by atoms with van der Waals surface area (Å²) in [6.45, 7) is 1.94. The van der Waals surface area contributed by atoms with Crippen LogP contribution in [-0.2, 0) is 16.1 Å². The van der Waals surface area contributed by atoms with Crippen LogP contribution in [0.5, 0.6) is 0 Å². The summed E-state index contributed by atoms with van der Waals surface area (Å²) in [4.78, 5) is 39.9. The fourth-order valence-corrected chi connectivity index (χ4v) is 4.49. The maximum atomic E-state index is 13.4. The summed E-state index contributed by atoms with van der Waals surface area (Å²) >= 11 is 18.1. The predicted octanol–water partition coefficient (Wildman–Crippen LogP) is 5.55. The molecule has 0 spiro atoms. The van der Waals surface area contributed by atoms with Crippen LogP contribution in [0.2, 0.25) is 15.1 Å². The van der Waals surface area contributed by atoms with Gasteiger partial charge in [-0.25, -0.2) is 5.01 Å². The van der Waals surface area contributed by atoms with E-state index in [4.69, 9.17) is 34.8 Å². The molecule has 4 rings (SSSR count). The minimum atomic E-state index is -0.479. The molecular formula is C23H19Cl3N2O3. The van der Waals surface area contributed by atoms with Crippen molar-refractivity contribution in [3.8, 4) is 0 Å². The molecule has 0 aromatic heterocycles. The standard InChI is InChI=1S/C23H19Cl3N2O3/c1-13-2-8-17-18(10-13)23(31)28(22(17)30)27(12-14-3-9-19(25)20(26)11-14)21(29)15-4-6-16(24)7-5-15/h2-7,9,11,17-18H,8,10,12H2,1H3/t17-,18+/m0/s1. The van der Waals surface area contributed by atoms with Crippen molar-refractivity contribution in [1.82, 2.24) is 10.0 Å². The van der Waals surface area contributed by atoms with Gasteiger partial charge in [-0.15, -0.1) is 0 Å². The van der Waals surface area contributed by atoms with Crippen molar-refractivity contribution in [1.29, 1.82) is 0 Å². The lowest BCUT2D eigenvalue weighted by molar-refractivity contribution is -0.155. The Morgan fingerprint density at radius 1 is 1.00 bits per heavy atom. The molecule has 1 saturated heterocycles. The number of carbonyl (C=O) groups excluding carboxylic acids is 3. The molecule has 1 fully saturated rings. The van der Waals surface area contributed by atoms with E-state index < -0.39 is 17.7 Å². The van der Waals surface area contributed by atoms with Crippen molar-refractivity contribution in [2.75, 3.05) is 0 Å². The van der Waals surface area contributed by atoms with Crippen LogP contribution in [0.25, 0.3) is 0 Å². The molecule has 2 aliphatic rings. The molecule has 0 unspecified atom stereocenters. The Balaban J connectivity index is 1.72. The maximum Gasteiger partial charge on any atom is 0.273 e. The SMILES string of the molecule is CC1=CC[C@@H]2C(=O)N(N(Cc3ccc(Cl)c(Cl)c3)C(=O)c3ccc(Cl)cc3)C(=O)[C@@H]2C1. The lowest BCUT2D eigenvalue weighted by atomic mass is 9.82. The first-order chi connectivity index (χ1) is 14.8. The highest BCUT2D eigenvalue weighted by Gasteiger charge is 2.51. The van der Waals surface area contributed by atoms with Crippen molar-refractivity contribution >= 4 is 52.5 Å². The lowest BCUT2D eigenvalue weighted by Gasteiger charge is -2.30. The molecule has 0 N–H and O–H groups in total. The first-order valence-corrected chi connectivity index (χ1v) is 10.9. The highest BCUT2D eigenvalue weighted by molar-refractivity contribution is 6.42. The highest BCUT2D eigenvalue weighted by atomic mass is 35.5. The largest absolute Gasteiger partial charge is 0.273 e. The molecule has 2 aromatic carbocycles. The normalized spacial score (nSPS) is 20.5. The van der Waals surface area contributed by atoms with Gasteiger partial charge in [-0.2, -0.15) is 5.01 Å². The molecule has 5 nitrogen and oxygen atoms in total. The second-order valence-corrected chi connectivity index (χ2v) is 9.06. The third-order valence-electron chi connectivity index (χ3n) is 5.68. The van der Waals surface area contributed by atoms with Crippen LogP contribution in [0.3, 0.4) is 0 Å². The summed E-state index contributed by atoms with van der Waals surface area (Å²) < 4.78 is 0. The molecule has 2 aromatic rings. The van der Waals surface area contributed by atoms with E-state index in [2.05, 4.69) is 0 Å². The van der Waals surface area contributed by atoms with Crippen molar-refractivity contribution < 1.29 is 14.4 Å². The van der Waals surface area contributed by atoms with Crippen LogP contribution >= 0.6 is 34.8 Å². The van der Waals surface area contributed by atoms with Crippen molar-refractivity contribution in [3.63, 3.8) is 0 Å². The fourth-order valence-electron chi connectivity index (χ4n) is 4.04. The molecule has 1 aliphatic heterocycles. The smallest absolute Gasteiger partial charge is 0.272 e. The zero-order valence-corrected chi connectivity index (χ0v) is 18.9. The van der Waals surface area contributed by atoms with E-state index in [1.165, 1.54) is 5.01 Å². The first-order valence-electron chi connectivity index (χ1n) is 9.81. The van der Waals surface area contributed by atoms with Crippen LogP contribution in [0.1, 0.15) is 35.7 Å². The number of halogens is 3. The van der Waals surface area contributed by atoms with Gasteiger partial charge < -0.3 is 0 Å². The van der Waals surface area contributed by atoms with E-state index in [-0.39, 0.29) is 18.4 Å². The predicted molar refractivity (Wildman–Crippen MR) is 120 cm³/mol. The van der Waals surface area contributed by atoms with Crippen molar-refractivity contribution in [3.05, 3.63) is 80.3 Å². The summed E-state index contributed by atoms with van der Waals surface area (Å²) in [5.74, 6) is -2.10. The van der Waals surface area contributed by atoms with Gasteiger partial charge in [0.2, 0.25) is 0 Å². The van der Waals surface area contributed by atoms with Gasteiger partial charge in [0, 0.05) is 10.6 Å². The molecule has 0 radical (unpaired) electrons. The Hall–Kier alpha value is -2.34. The van der Waals surface area contributed by atoms with Crippen LogP contribution in [0.4, 0.5) is 0 Å². The molecule has 8 heteroatoms. The minimum Gasteiger partial charge on any atom is -0.272 e. The van der Waals surface area contributed by atoms with Crippen molar-refractivity contribution in [2.45, 2.75) is 26.3 Å². The number of rotatable bonds is 4. The summed E-state index contributed by atoms with van der Waals surface area (Å²) in [6, 6.07) is 11.3. The number of fused-ring (bicyclic) bond motifs is 1. The summed E-state index contributed by atoms with van der Waals surface area (Å²) in [5, 5.41) is 3.39. The fraction of sp³-hybridized carbons (Fsp3) is 0.261. The van der Waals surface area contributed by atoms with Gasteiger partial charge in [0.1, 0.15) is 0 Å². The Morgan fingerprint density at radius 2 is 1.68 bits per heavy atom. The number of hydrazine groups is 1. The monoisotopic (exact) mass is 476 g/mol. The summed E-state index contributed by atoms with van der Waals surface area (Å²) in [5.41, 5.74) is 2.03. The number of benzene rings is 2. The Kier molecular flexibility index (Phi) is 6.11. The molecule has 3 amide bonds. The highest BCUT2D eigenvalue weighted by Crippen LogP contribution is 2.39. The maximum absolute atomic E-state index is 13.4. The third-order valence-corrected chi connectivity index (χ3v) is 6.67. The van der Waals surface area contributed by atoms with E-state index in [0.29, 0.717) is 39.0 Å². The topological polar surface area (TPSA) is 57.7 Å². The number of imide groups is 1. The Morgan fingerprint density at radius 3 is 2.35 bits per heavy atom. The molecule has 1 aliphatic carbocycles. The van der Waals surface area contributed by atoms with E-state index in [0.717, 1.165) is 10.6 Å². The van der Waals surface area contributed by atoms with E-state index in [1.807, 2.05) is 13.0 Å². The van der Waals surface area contributed by atoms with Gasteiger partial charge in [-0.3, -0.25) is 14.4 Å². The number of hydrogen-bond donors (Lipinski definition) is 0. The average Bonchev–Trinajstić information content (AvgIpc) is 2.98. The number of amides is 3. The number of nitrogens with zero attached hydrogens (tertiary/aromatic N) is 2. The number of carbonyl (C=O) groups is 3. The number of allylic oxidation sites excluding steroid dienone is 2. The van der Waals surface area contributed by atoms with Gasteiger partial charge in [0.15, 0.2) is 0 Å². The van der Waals surface area contributed by atoms with Gasteiger partial charge in [0.25, 0.3) is 17.7 Å². The molecule has 0 bridgehead atoms. The molecule has 160 valence electrons. The Bertz CT molecular complexity index is 1100. The van der Waals surface area contributed by atoms with Gasteiger partial charge in [-0.1, -0.05) is 52.5 Å². The summed E-state index contributed by atoms with van der Waals surface area (Å²) in [7, 11) is 0. The van der Waals surface area contributed by atoms with Crippen LogP contribution in [-0.4, -0.2) is 27.7 Å². The molecule has 0 saturated carbocycles. The van der Waals surface area contributed by atoms with Gasteiger partial charge >= 0.3 is 0 Å². The molecular weight excluding hydrogens is 459 g/mol. The van der Waals surface area contributed by atoms with Gasteiger partial charge in [0.05, 0.1) is 28.4 Å². The quantitative estimate of drug-likeness (QED) is 0.429. The second kappa shape index (κ2) is 8.65. The Labute approximate surface area is 195 Å². The molecule has 1 heterocycles. The lowest BCUT2D eigenvalue weighted by Crippen LogP contribution is -2.49.